The third-order valence-corrected chi connectivity index (χ3v) is 4.52. The first kappa shape index (κ1) is 16.6. The molecule has 2 aromatic rings. The normalized spacial score (nSPS) is 17.8. The third kappa shape index (κ3) is 2.94. The first-order chi connectivity index (χ1) is 11.5. The number of nitrogens with zero attached hydrogens (tertiary/aromatic N) is 3. The van der Waals surface area contributed by atoms with Gasteiger partial charge in [0.1, 0.15) is 0 Å². The molecule has 1 fully saturated rings. The van der Waals surface area contributed by atoms with E-state index in [-0.39, 0.29) is 23.4 Å². The Hall–Kier alpha value is -2.21. The zero-order valence-electron chi connectivity index (χ0n) is 14.2. The number of benzene rings is 1. The average molecular weight is 328 g/mol. The largest absolute Gasteiger partial charge is 0.333 e. The molecule has 24 heavy (non-hydrogen) atoms. The summed E-state index contributed by atoms with van der Waals surface area (Å²) in [4.78, 5) is 27.5. The molecule has 1 aliphatic heterocycles. The summed E-state index contributed by atoms with van der Waals surface area (Å²) in [7, 11) is 0. The quantitative estimate of drug-likeness (QED) is 0.924. The molecule has 1 atom stereocenters. The van der Waals surface area contributed by atoms with E-state index in [1.165, 1.54) is 4.68 Å². The Morgan fingerprint density at radius 3 is 2.71 bits per heavy atom. The number of hydrogen-bond acceptors (Lipinski definition) is 4. The van der Waals surface area contributed by atoms with Gasteiger partial charge in [-0.25, -0.2) is 4.68 Å². The molecule has 0 aliphatic carbocycles. The highest BCUT2D eigenvalue weighted by Gasteiger charge is 2.30. The van der Waals surface area contributed by atoms with Gasteiger partial charge in [-0.1, -0.05) is 32.0 Å². The van der Waals surface area contributed by atoms with Crippen LogP contribution in [0.4, 0.5) is 0 Å². The van der Waals surface area contributed by atoms with E-state index in [0.29, 0.717) is 36.1 Å². The van der Waals surface area contributed by atoms with Gasteiger partial charge in [-0.05, 0) is 24.8 Å². The molecular formula is C18H24N4O2. The van der Waals surface area contributed by atoms with Crippen LogP contribution in [-0.2, 0) is 6.54 Å². The first-order valence-corrected chi connectivity index (χ1v) is 8.53. The number of hydrogen-bond donors (Lipinski definition) is 1. The molecule has 1 saturated heterocycles. The Balaban J connectivity index is 2.14. The van der Waals surface area contributed by atoms with Crippen molar-refractivity contribution in [3.8, 4) is 0 Å². The molecule has 3 rings (SSSR count). The number of rotatable bonds is 4. The summed E-state index contributed by atoms with van der Waals surface area (Å²) in [5, 5.41) is 5.59. The Morgan fingerprint density at radius 2 is 2.04 bits per heavy atom. The van der Waals surface area contributed by atoms with Crippen molar-refractivity contribution in [2.75, 3.05) is 13.1 Å². The SMILES string of the molecule is CC(C)Cn1nc(C(=O)N2CCCC2CN)c2ccccc2c1=O. The zero-order valence-corrected chi connectivity index (χ0v) is 14.2. The molecule has 1 aromatic heterocycles. The van der Waals surface area contributed by atoms with Crippen LogP contribution in [0.15, 0.2) is 29.1 Å². The van der Waals surface area contributed by atoms with Crippen LogP contribution < -0.4 is 11.3 Å². The van der Waals surface area contributed by atoms with Crippen LogP contribution in [0.2, 0.25) is 0 Å². The van der Waals surface area contributed by atoms with Crippen molar-refractivity contribution in [3.63, 3.8) is 0 Å². The van der Waals surface area contributed by atoms with E-state index in [4.69, 9.17) is 5.73 Å². The van der Waals surface area contributed by atoms with Crippen LogP contribution in [0.25, 0.3) is 10.8 Å². The monoisotopic (exact) mass is 328 g/mol. The summed E-state index contributed by atoms with van der Waals surface area (Å²) < 4.78 is 1.42. The number of aromatic nitrogens is 2. The van der Waals surface area contributed by atoms with Crippen LogP contribution in [0.1, 0.15) is 37.2 Å². The van der Waals surface area contributed by atoms with Crippen molar-refractivity contribution in [1.82, 2.24) is 14.7 Å². The van der Waals surface area contributed by atoms with Gasteiger partial charge in [0.25, 0.3) is 11.5 Å². The standard InChI is InChI=1S/C18H24N4O2/c1-12(2)11-22-17(23)15-8-4-3-7-14(15)16(20-22)18(24)21-9-5-6-13(21)10-19/h3-4,7-8,12-13H,5-6,9-11,19H2,1-2H3. The smallest absolute Gasteiger partial charge is 0.275 e. The van der Waals surface area contributed by atoms with Gasteiger partial charge in [-0.15, -0.1) is 0 Å². The number of nitrogens with two attached hydrogens (primary N) is 1. The van der Waals surface area contributed by atoms with Gasteiger partial charge in [0, 0.05) is 31.1 Å². The summed E-state index contributed by atoms with van der Waals surface area (Å²) in [6, 6.07) is 7.26. The van der Waals surface area contributed by atoms with Crippen molar-refractivity contribution < 1.29 is 4.79 Å². The molecule has 0 spiro atoms. The van der Waals surface area contributed by atoms with Gasteiger partial charge in [-0.3, -0.25) is 9.59 Å². The van der Waals surface area contributed by atoms with Crippen molar-refractivity contribution >= 4 is 16.7 Å². The van der Waals surface area contributed by atoms with Crippen molar-refractivity contribution in [3.05, 3.63) is 40.3 Å². The van der Waals surface area contributed by atoms with Crippen LogP contribution in [-0.4, -0.2) is 39.7 Å². The predicted octanol–water partition coefficient (Wildman–Crippen LogP) is 1.62. The fourth-order valence-corrected chi connectivity index (χ4v) is 3.35. The predicted molar refractivity (Wildman–Crippen MR) is 94.0 cm³/mol. The van der Waals surface area contributed by atoms with Crippen LogP contribution in [0, 0.1) is 5.92 Å². The van der Waals surface area contributed by atoms with Gasteiger partial charge in [-0.2, -0.15) is 5.10 Å². The molecule has 6 nitrogen and oxygen atoms in total. The maximum Gasteiger partial charge on any atom is 0.275 e. The molecule has 1 amide bonds. The van der Waals surface area contributed by atoms with E-state index in [9.17, 15) is 9.59 Å². The molecular weight excluding hydrogens is 304 g/mol. The van der Waals surface area contributed by atoms with Gasteiger partial charge < -0.3 is 10.6 Å². The number of likely N-dealkylation sites (tertiary alicyclic amines) is 1. The van der Waals surface area contributed by atoms with E-state index in [2.05, 4.69) is 5.10 Å². The van der Waals surface area contributed by atoms with Crippen LogP contribution in [0.3, 0.4) is 0 Å². The molecule has 2 N–H and O–H groups in total. The summed E-state index contributed by atoms with van der Waals surface area (Å²) >= 11 is 0. The Kier molecular flexibility index (Phi) is 4.66. The molecule has 0 saturated carbocycles. The molecule has 2 heterocycles. The lowest BCUT2D eigenvalue weighted by atomic mass is 10.1. The maximum absolute atomic E-state index is 13.1. The van der Waals surface area contributed by atoms with Gasteiger partial charge in [0.05, 0.1) is 5.39 Å². The minimum absolute atomic E-state index is 0.0588. The Morgan fingerprint density at radius 1 is 1.33 bits per heavy atom. The highest BCUT2D eigenvalue weighted by molar-refractivity contribution is 6.05. The lowest BCUT2D eigenvalue weighted by Gasteiger charge is -2.24. The van der Waals surface area contributed by atoms with E-state index < -0.39 is 0 Å². The zero-order chi connectivity index (χ0) is 17.3. The number of amides is 1. The molecule has 1 unspecified atom stereocenters. The number of carbonyl (C=O) groups is 1. The van der Waals surface area contributed by atoms with Crippen LogP contribution in [0.5, 0.6) is 0 Å². The van der Waals surface area contributed by atoms with E-state index in [1.54, 1.807) is 17.0 Å². The highest BCUT2D eigenvalue weighted by Crippen LogP contribution is 2.22. The van der Waals surface area contributed by atoms with E-state index in [1.807, 2.05) is 26.0 Å². The van der Waals surface area contributed by atoms with Crippen molar-refractivity contribution in [2.45, 2.75) is 39.3 Å². The Labute approximate surface area is 141 Å². The highest BCUT2D eigenvalue weighted by atomic mass is 16.2. The van der Waals surface area contributed by atoms with Gasteiger partial charge in [0.2, 0.25) is 0 Å². The Bertz CT molecular complexity index is 812. The summed E-state index contributed by atoms with van der Waals surface area (Å²) in [5.41, 5.74) is 6.01. The molecule has 1 aliphatic rings. The lowest BCUT2D eigenvalue weighted by molar-refractivity contribution is 0.0734. The number of carbonyl (C=O) groups excluding carboxylic acids is 1. The van der Waals surface area contributed by atoms with E-state index >= 15 is 0 Å². The topological polar surface area (TPSA) is 81.2 Å². The summed E-state index contributed by atoms with van der Waals surface area (Å²) in [6.45, 7) is 5.69. The summed E-state index contributed by atoms with van der Waals surface area (Å²) in [5.74, 6) is 0.138. The third-order valence-electron chi connectivity index (χ3n) is 4.52. The molecule has 0 radical (unpaired) electrons. The molecule has 6 heteroatoms. The second kappa shape index (κ2) is 6.73. The minimum Gasteiger partial charge on any atom is -0.333 e. The maximum atomic E-state index is 13.1. The molecule has 1 aromatic carbocycles. The fraction of sp³-hybridized carbons (Fsp3) is 0.500. The fourth-order valence-electron chi connectivity index (χ4n) is 3.35. The van der Waals surface area contributed by atoms with Gasteiger partial charge in [0.15, 0.2) is 5.69 Å². The molecule has 128 valence electrons. The minimum atomic E-state index is -0.146. The lowest BCUT2D eigenvalue weighted by Crippen LogP contribution is -2.41. The molecule has 0 bridgehead atoms. The first-order valence-electron chi connectivity index (χ1n) is 8.53. The number of fused-ring (bicyclic) bond motifs is 1. The van der Waals surface area contributed by atoms with Crippen molar-refractivity contribution in [1.29, 1.82) is 0 Å². The summed E-state index contributed by atoms with van der Waals surface area (Å²) in [6.07, 6.45) is 1.88. The van der Waals surface area contributed by atoms with Crippen LogP contribution >= 0.6 is 0 Å². The second-order valence-corrected chi connectivity index (χ2v) is 6.81. The van der Waals surface area contributed by atoms with Gasteiger partial charge >= 0.3 is 0 Å². The van der Waals surface area contributed by atoms with E-state index in [0.717, 1.165) is 12.8 Å². The van der Waals surface area contributed by atoms with Crippen molar-refractivity contribution in [2.24, 2.45) is 11.7 Å². The average Bonchev–Trinajstić information content (AvgIpc) is 3.05. The second-order valence-electron chi connectivity index (χ2n) is 6.81.